The number of para-hydroxylation sites is 1. The lowest BCUT2D eigenvalue weighted by atomic mass is 10.1. The molecule has 2 aromatic heterocycles. The van der Waals surface area contributed by atoms with E-state index in [2.05, 4.69) is 15.3 Å². The number of fused-ring (bicyclic) bond motifs is 1. The highest BCUT2D eigenvalue weighted by Crippen LogP contribution is 2.22. The van der Waals surface area contributed by atoms with E-state index in [0.717, 1.165) is 10.9 Å². The zero-order chi connectivity index (χ0) is 17.4. The Kier molecular flexibility index (Phi) is 3.89. The summed E-state index contributed by atoms with van der Waals surface area (Å²) < 4.78 is 13.2. The molecule has 3 heterocycles. The number of carbonyl (C=O) groups is 1. The van der Waals surface area contributed by atoms with Crippen molar-refractivity contribution in [2.75, 3.05) is 20.3 Å². The Hall–Kier alpha value is -2.87. The predicted molar refractivity (Wildman–Crippen MR) is 90.4 cm³/mol. The second-order valence-electron chi connectivity index (χ2n) is 6.14. The molecule has 130 valence electrons. The van der Waals surface area contributed by atoms with Crippen LogP contribution in [0.5, 0.6) is 5.75 Å². The number of aryl methyl sites for hydroxylation is 1. The van der Waals surface area contributed by atoms with E-state index < -0.39 is 0 Å². The summed E-state index contributed by atoms with van der Waals surface area (Å²) in [5, 5.41) is 12.0. The maximum Gasteiger partial charge on any atom is 0.275 e. The molecule has 0 unspecified atom stereocenters. The molecule has 3 aromatic rings. The standard InChI is InChI=1S/C17H19N5O3/c1-21-8-11(7-18-21)25-15-10-24-9-14(15)22(2)17(23)16-12-5-3-4-6-13(12)19-20-16/h3-8,14-15H,9-10H2,1-2H3,(H,19,20)/t14-,15+/m0/s1. The topological polar surface area (TPSA) is 85.3 Å². The number of amides is 1. The van der Waals surface area contributed by atoms with Crippen molar-refractivity contribution in [2.24, 2.45) is 7.05 Å². The number of aromatic nitrogens is 4. The monoisotopic (exact) mass is 341 g/mol. The van der Waals surface area contributed by atoms with Crippen LogP contribution in [0.2, 0.25) is 0 Å². The quantitative estimate of drug-likeness (QED) is 0.771. The Bertz CT molecular complexity index is 902. The van der Waals surface area contributed by atoms with E-state index in [1.807, 2.05) is 31.3 Å². The average molecular weight is 341 g/mol. The van der Waals surface area contributed by atoms with Crippen molar-refractivity contribution in [1.82, 2.24) is 24.9 Å². The molecule has 4 rings (SSSR count). The lowest BCUT2D eigenvalue weighted by Gasteiger charge is -2.27. The van der Waals surface area contributed by atoms with Crippen LogP contribution >= 0.6 is 0 Å². The van der Waals surface area contributed by atoms with Crippen LogP contribution < -0.4 is 4.74 Å². The summed E-state index contributed by atoms with van der Waals surface area (Å²) in [7, 11) is 3.58. The minimum absolute atomic E-state index is 0.160. The molecule has 1 fully saturated rings. The Morgan fingerprint density at radius 1 is 1.40 bits per heavy atom. The van der Waals surface area contributed by atoms with Crippen LogP contribution in [0.1, 0.15) is 10.5 Å². The van der Waals surface area contributed by atoms with Crippen LogP contribution in [0.4, 0.5) is 0 Å². The van der Waals surface area contributed by atoms with Gasteiger partial charge in [-0.1, -0.05) is 18.2 Å². The van der Waals surface area contributed by atoms with Gasteiger partial charge in [-0.15, -0.1) is 0 Å². The smallest absolute Gasteiger partial charge is 0.275 e. The minimum atomic E-state index is -0.247. The molecule has 2 atom stereocenters. The molecule has 8 heteroatoms. The van der Waals surface area contributed by atoms with Crippen molar-refractivity contribution >= 4 is 16.8 Å². The number of aromatic amines is 1. The van der Waals surface area contributed by atoms with E-state index in [-0.39, 0.29) is 18.1 Å². The van der Waals surface area contributed by atoms with Gasteiger partial charge in [0.1, 0.15) is 6.10 Å². The molecule has 0 aliphatic carbocycles. The third-order valence-corrected chi connectivity index (χ3v) is 4.46. The molecule has 0 spiro atoms. The van der Waals surface area contributed by atoms with Crippen molar-refractivity contribution in [3.05, 3.63) is 42.4 Å². The lowest BCUT2D eigenvalue weighted by Crippen LogP contribution is -2.46. The molecule has 1 aromatic carbocycles. The zero-order valence-electron chi connectivity index (χ0n) is 14.0. The van der Waals surface area contributed by atoms with E-state index >= 15 is 0 Å². The zero-order valence-corrected chi connectivity index (χ0v) is 14.0. The number of hydrogen-bond acceptors (Lipinski definition) is 5. The molecule has 0 saturated carbocycles. The average Bonchev–Trinajstić information content (AvgIpc) is 3.34. The lowest BCUT2D eigenvalue weighted by molar-refractivity contribution is 0.0617. The molecule has 8 nitrogen and oxygen atoms in total. The molecule has 1 amide bonds. The normalized spacial score (nSPS) is 20.1. The van der Waals surface area contributed by atoms with E-state index in [1.54, 1.807) is 29.0 Å². The number of rotatable bonds is 4. The summed E-state index contributed by atoms with van der Waals surface area (Å²) in [4.78, 5) is 14.6. The fourth-order valence-corrected chi connectivity index (χ4v) is 3.08. The first-order chi connectivity index (χ1) is 12.1. The minimum Gasteiger partial charge on any atom is -0.482 e. The Morgan fingerprint density at radius 2 is 2.24 bits per heavy atom. The predicted octanol–water partition coefficient (Wildman–Crippen LogP) is 1.21. The number of H-pyrrole nitrogens is 1. The summed E-state index contributed by atoms with van der Waals surface area (Å²) in [5.74, 6) is 0.502. The number of nitrogens with one attached hydrogen (secondary N) is 1. The summed E-state index contributed by atoms with van der Waals surface area (Å²) >= 11 is 0. The third kappa shape index (κ3) is 2.85. The molecule has 1 N–H and O–H groups in total. The Labute approximate surface area is 144 Å². The molecular weight excluding hydrogens is 322 g/mol. The van der Waals surface area contributed by atoms with Gasteiger partial charge in [0.05, 0.1) is 37.2 Å². The maximum atomic E-state index is 12.9. The van der Waals surface area contributed by atoms with Gasteiger partial charge in [0, 0.05) is 19.5 Å². The highest BCUT2D eigenvalue weighted by atomic mass is 16.5. The fourth-order valence-electron chi connectivity index (χ4n) is 3.08. The molecular formula is C17H19N5O3. The summed E-state index contributed by atoms with van der Waals surface area (Å²) in [5.41, 5.74) is 1.25. The van der Waals surface area contributed by atoms with Gasteiger partial charge >= 0.3 is 0 Å². The number of benzene rings is 1. The van der Waals surface area contributed by atoms with E-state index in [4.69, 9.17) is 9.47 Å². The van der Waals surface area contributed by atoms with E-state index in [1.165, 1.54) is 0 Å². The van der Waals surface area contributed by atoms with E-state index in [0.29, 0.717) is 24.7 Å². The van der Waals surface area contributed by atoms with Gasteiger partial charge in [0.2, 0.25) is 0 Å². The first kappa shape index (κ1) is 15.6. The van der Waals surface area contributed by atoms with Crippen LogP contribution in [0.3, 0.4) is 0 Å². The van der Waals surface area contributed by atoms with Crippen molar-refractivity contribution < 1.29 is 14.3 Å². The van der Waals surface area contributed by atoms with Crippen LogP contribution in [0.15, 0.2) is 36.7 Å². The maximum absolute atomic E-state index is 12.9. The van der Waals surface area contributed by atoms with Crippen molar-refractivity contribution in [3.8, 4) is 5.75 Å². The third-order valence-electron chi connectivity index (χ3n) is 4.46. The number of ether oxygens (including phenoxy) is 2. The van der Waals surface area contributed by atoms with E-state index in [9.17, 15) is 4.79 Å². The summed E-state index contributed by atoms with van der Waals surface area (Å²) in [6.07, 6.45) is 3.19. The molecule has 25 heavy (non-hydrogen) atoms. The molecule has 1 aliphatic rings. The first-order valence-corrected chi connectivity index (χ1v) is 8.07. The fraction of sp³-hybridized carbons (Fsp3) is 0.353. The Morgan fingerprint density at radius 3 is 3.04 bits per heavy atom. The number of likely N-dealkylation sites (N-methyl/N-ethyl adjacent to an activating group) is 1. The highest BCUT2D eigenvalue weighted by Gasteiger charge is 2.37. The number of carbonyl (C=O) groups excluding carboxylic acids is 1. The van der Waals surface area contributed by atoms with Crippen molar-refractivity contribution in [2.45, 2.75) is 12.1 Å². The first-order valence-electron chi connectivity index (χ1n) is 8.07. The van der Waals surface area contributed by atoms with Crippen LogP contribution in [-0.2, 0) is 11.8 Å². The van der Waals surface area contributed by atoms with Crippen LogP contribution in [-0.4, -0.2) is 63.2 Å². The van der Waals surface area contributed by atoms with Gasteiger partial charge in [-0.25, -0.2) is 0 Å². The second-order valence-corrected chi connectivity index (χ2v) is 6.14. The van der Waals surface area contributed by atoms with Crippen molar-refractivity contribution in [3.63, 3.8) is 0 Å². The van der Waals surface area contributed by atoms with Gasteiger partial charge in [-0.3, -0.25) is 14.6 Å². The van der Waals surface area contributed by atoms with Gasteiger partial charge in [-0.2, -0.15) is 10.2 Å². The highest BCUT2D eigenvalue weighted by molar-refractivity contribution is 6.04. The van der Waals surface area contributed by atoms with Gasteiger partial charge < -0.3 is 14.4 Å². The van der Waals surface area contributed by atoms with Gasteiger partial charge in [0.25, 0.3) is 5.91 Å². The molecule has 0 bridgehead atoms. The number of hydrogen-bond donors (Lipinski definition) is 1. The molecule has 1 aliphatic heterocycles. The summed E-state index contributed by atoms with van der Waals surface area (Å²) in [6, 6.07) is 7.38. The number of nitrogens with zero attached hydrogens (tertiary/aromatic N) is 4. The SMILES string of the molecule is CN(C(=O)c1n[nH]c2ccccc12)[C@H]1COC[C@H]1Oc1cnn(C)c1. The van der Waals surface area contributed by atoms with Crippen LogP contribution in [0.25, 0.3) is 10.9 Å². The second kappa shape index (κ2) is 6.21. The molecule has 0 radical (unpaired) electrons. The largest absolute Gasteiger partial charge is 0.482 e. The van der Waals surface area contributed by atoms with Crippen molar-refractivity contribution in [1.29, 1.82) is 0 Å². The summed E-state index contributed by atoms with van der Waals surface area (Å²) in [6.45, 7) is 0.855. The Balaban J connectivity index is 1.54. The van der Waals surface area contributed by atoms with Gasteiger partial charge in [0.15, 0.2) is 11.4 Å². The van der Waals surface area contributed by atoms with Gasteiger partial charge in [-0.05, 0) is 6.07 Å². The van der Waals surface area contributed by atoms with Crippen LogP contribution in [0, 0.1) is 0 Å². The molecule has 1 saturated heterocycles.